The number of halogens is 1. The summed E-state index contributed by atoms with van der Waals surface area (Å²) in [6, 6.07) is 8.59. The maximum atomic E-state index is 13.3. The zero-order valence-corrected chi connectivity index (χ0v) is 13.5. The van der Waals surface area contributed by atoms with E-state index in [1.165, 1.54) is 24.3 Å². The van der Waals surface area contributed by atoms with E-state index in [9.17, 15) is 12.8 Å². The van der Waals surface area contributed by atoms with Crippen molar-refractivity contribution in [2.75, 3.05) is 11.3 Å². The maximum Gasteiger partial charge on any atom is 0.261 e. The Morgan fingerprint density at radius 2 is 1.82 bits per heavy atom. The van der Waals surface area contributed by atoms with Crippen molar-refractivity contribution in [3.63, 3.8) is 0 Å². The standard InChI is InChI=1S/C16H18FNO3S/c1-4-21-16-8-7-14(9-12(16)3)22(19,20)18-15-10-13(17)6-5-11(15)2/h5-10,18H,4H2,1-3H3. The first-order valence-corrected chi connectivity index (χ1v) is 8.34. The number of sulfonamides is 1. The van der Waals surface area contributed by atoms with Crippen LogP contribution in [0.5, 0.6) is 5.75 Å². The van der Waals surface area contributed by atoms with E-state index in [2.05, 4.69) is 4.72 Å². The minimum Gasteiger partial charge on any atom is -0.494 e. The van der Waals surface area contributed by atoms with Crippen LogP contribution in [0, 0.1) is 19.7 Å². The van der Waals surface area contributed by atoms with Crippen LogP contribution in [0.3, 0.4) is 0 Å². The van der Waals surface area contributed by atoms with Gasteiger partial charge in [-0.2, -0.15) is 0 Å². The molecular weight excluding hydrogens is 305 g/mol. The van der Waals surface area contributed by atoms with Gasteiger partial charge in [0.2, 0.25) is 0 Å². The zero-order valence-electron chi connectivity index (χ0n) is 12.7. The van der Waals surface area contributed by atoms with Gasteiger partial charge in [0.25, 0.3) is 10.0 Å². The van der Waals surface area contributed by atoms with Crippen molar-refractivity contribution >= 4 is 15.7 Å². The highest BCUT2D eigenvalue weighted by atomic mass is 32.2. The van der Waals surface area contributed by atoms with Crippen LogP contribution in [0.1, 0.15) is 18.1 Å². The van der Waals surface area contributed by atoms with Gasteiger partial charge in [-0.3, -0.25) is 4.72 Å². The van der Waals surface area contributed by atoms with Gasteiger partial charge in [0.15, 0.2) is 0 Å². The highest BCUT2D eigenvalue weighted by Gasteiger charge is 2.17. The summed E-state index contributed by atoms with van der Waals surface area (Å²) in [5.41, 5.74) is 1.60. The number of nitrogens with one attached hydrogen (secondary N) is 1. The van der Waals surface area contributed by atoms with E-state index < -0.39 is 15.8 Å². The van der Waals surface area contributed by atoms with E-state index in [4.69, 9.17) is 4.74 Å². The van der Waals surface area contributed by atoms with E-state index in [-0.39, 0.29) is 10.6 Å². The summed E-state index contributed by atoms with van der Waals surface area (Å²) in [6.07, 6.45) is 0. The van der Waals surface area contributed by atoms with Crippen molar-refractivity contribution in [3.8, 4) is 5.75 Å². The molecule has 0 saturated heterocycles. The average Bonchev–Trinajstić information content (AvgIpc) is 2.45. The third-order valence-corrected chi connectivity index (χ3v) is 4.56. The Morgan fingerprint density at radius 3 is 2.45 bits per heavy atom. The molecule has 2 rings (SSSR count). The summed E-state index contributed by atoms with van der Waals surface area (Å²) in [7, 11) is -3.78. The number of anilines is 1. The molecule has 2 aromatic rings. The molecule has 118 valence electrons. The van der Waals surface area contributed by atoms with Crippen LogP contribution in [0.15, 0.2) is 41.3 Å². The van der Waals surface area contributed by atoms with E-state index >= 15 is 0 Å². The number of aryl methyl sites for hydroxylation is 2. The Morgan fingerprint density at radius 1 is 1.09 bits per heavy atom. The second kappa shape index (κ2) is 6.36. The van der Waals surface area contributed by atoms with Crippen LogP contribution in [-0.2, 0) is 10.0 Å². The zero-order chi connectivity index (χ0) is 16.3. The molecule has 2 aromatic carbocycles. The van der Waals surface area contributed by atoms with Crippen LogP contribution in [0.4, 0.5) is 10.1 Å². The predicted molar refractivity (Wildman–Crippen MR) is 84.3 cm³/mol. The second-order valence-electron chi connectivity index (χ2n) is 4.93. The third kappa shape index (κ3) is 3.57. The smallest absolute Gasteiger partial charge is 0.261 e. The van der Waals surface area contributed by atoms with E-state index in [0.29, 0.717) is 17.9 Å². The fraction of sp³-hybridized carbons (Fsp3) is 0.250. The van der Waals surface area contributed by atoms with E-state index in [1.807, 2.05) is 6.92 Å². The van der Waals surface area contributed by atoms with Gasteiger partial charge in [-0.05, 0) is 62.2 Å². The van der Waals surface area contributed by atoms with Crippen LogP contribution in [0.25, 0.3) is 0 Å². The van der Waals surface area contributed by atoms with Gasteiger partial charge < -0.3 is 4.74 Å². The van der Waals surface area contributed by atoms with Gasteiger partial charge >= 0.3 is 0 Å². The molecule has 0 aliphatic heterocycles. The molecular formula is C16H18FNO3S. The minimum absolute atomic E-state index is 0.108. The molecule has 4 nitrogen and oxygen atoms in total. The number of rotatable bonds is 5. The van der Waals surface area contributed by atoms with Gasteiger partial charge in [0.1, 0.15) is 11.6 Å². The summed E-state index contributed by atoms with van der Waals surface area (Å²) < 4.78 is 45.9. The van der Waals surface area contributed by atoms with Gasteiger partial charge in [-0.1, -0.05) is 6.07 Å². The largest absolute Gasteiger partial charge is 0.494 e. The summed E-state index contributed by atoms with van der Waals surface area (Å²) in [6.45, 7) is 5.85. The highest BCUT2D eigenvalue weighted by Crippen LogP contribution is 2.25. The lowest BCUT2D eigenvalue weighted by atomic mass is 10.2. The molecule has 0 heterocycles. The molecule has 22 heavy (non-hydrogen) atoms. The minimum atomic E-state index is -3.78. The Hall–Kier alpha value is -2.08. The SMILES string of the molecule is CCOc1ccc(S(=O)(=O)Nc2cc(F)ccc2C)cc1C. The van der Waals surface area contributed by atoms with Gasteiger partial charge in [-0.25, -0.2) is 12.8 Å². The quantitative estimate of drug-likeness (QED) is 0.914. The number of ether oxygens (including phenoxy) is 1. The van der Waals surface area contributed by atoms with Crippen LogP contribution >= 0.6 is 0 Å². The molecule has 0 aromatic heterocycles. The first-order valence-electron chi connectivity index (χ1n) is 6.86. The predicted octanol–water partition coefficient (Wildman–Crippen LogP) is 3.64. The highest BCUT2D eigenvalue weighted by molar-refractivity contribution is 7.92. The van der Waals surface area contributed by atoms with Gasteiger partial charge in [0.05, 0.1) is 17.2 Å². The lowest BCUT2D eigenvalue weighted by Gasteiger charge is -2.13. The Labute approximate surface area is 130 Å². The Bertz CT molecular complexity index is 788. The molecule has 0 radical (unpaired) electrons. The summed E-state index contributed by atoms with van der Waals surface area (Å²) >= 11 is 0. The molecule has 0 bridgehead atoms. The monoisotopic (exact) mass is 323 g/mol. The van der Waals surface area contributed by atoms with Crippen molar-refractivity contribution in [3.05, 3.63) is 53.3 Å². The van der Waals surface area contributed by atoms with Crippen molar-refractivity contribution < 1.29 is 17.5 Å². The fourth-order valence-electron chi connectivity index (χ4n) is 2.01. The van der Waals surface area contributed by atoms with Crippen molar-refractivity contribution in [2.24, 2.45) is 0 Å². The second-order valence-corrected chi connectivity index (χ2v) is 6.61. The number of hydrogen-bond acceptors (Lipinski definition) is 3. The molecule has 1 N–H and O–H groups in total. The molecule has 0 saturated carbocycles. The Kier molecular flexibility index (Phi) is 4.71. The van der Waals surface area contributed by atoms with E-state index in [0.717, 1.165) is 11.6 Å². The molecule has 6 heteroatoms. The van der Waals surface area contributed by atoms with E-state index in [1.54, 1.807) is 19.9 Å². The lowest BCUT2D eigenvalue weighted by Crippen LogP contribution is -2.14. The van der Waals surface area contributed by atoms with Gasteiger partial charge in [-0.15, -0.1) is 0 Å². The van der Waals surface area contributed by atoms with Crippen molar-refractivity contribution in [1.29, 1.82) is 0 Å². The number of benzene rings is 2. The summed E-state index contributed by atoms with van der Waals surface area (Å²) in [4.78, 5) is 0.108. The summed E-state index contributed by atoms with van der Waals surface area (Å²) in [5.74, 6) is 0.148. The molecule has 0 atom stereocenters. The first kappa shape index (κ1) is 16.3. The lowest BCUT2D eigenvalue weighted by molar-refractivity contribution is 0.337. The average molecular weight is 323 g/mol. The maximum absolute atomic E-state index is 13.3. The first-order chi connectivity index (χ1) is 10.3. The normalized spacial score (nSPS) is 11.3. The van der Waals surface area contributed by atoms with Crippen molar-refractivity contribution in [2.45, 2.75) is 25.7 Å². The molecule has 0 unspecified atom stereocenters. The van der Waals surface area contributed by atoms with Gasteiger partial charge in [0, 0.05) is 0 Å². The Balaban J connectivity index is 2.34. The van der Waals surface area contributed by atoms with Crippen LogP contribution in [0.2, 0.25) is 0 Å². The number of hydrogen-bond donors (Lipinski definition) is 1. The molecule has 0 spiro atoms. The molecule has 0 aliphatic carbocycles. The third-order valence-electron chi connectivity index (χ3n) is 3.20. The molecule has 0 fully saturated rings. The van der Waals surface area contributed by atoms with Crippen LogP contribution in [-0.4, -0.2) is 15.0 Å². The fourth-order valence-corrected chi connectivity index (χ4v) is 3.22. The van der Waals surface area contributed by atoms with Crippen LogP contribution < -0.4 is 9.46 Å². The molecule has 0 aliphatic rings. The molecule has 0 amide bonds. The summed E-state index contributed by atoms with van der Waals surface area (Å²) in [5, 5.41) is 0. The topological polar surface area (TPSA) is 55.4 Å². The van der Waals surface area contributed by atoms with Crippen molar-refractivity contribution in [1.82, 2.24) is 0 Å².